The van der Waals surface area contributed by atoms with Crippen LogP contribution in [0.5, 0.6) is 0 Å². The molecule has 2 amide bonds. The summed E-state index contributed by atoms with van der Waals surface area (Å²) in [6, 6.07) is 20.8. The fourth-order valence-corrected chi connectivity index (χ4v) is 5.48. The molecule has 1 atom stereocenters. The average Bonchev–Trinajstić information content (AvgIpc) is 3.47. The average molecular weight is 456 g/mol. The summed E-state index contributed by atoms with van der Waals surface area (Å²) in [5, 5.41) is 2.54. The zero-order valence-corrected chi connectivity index (χ0v) is 19.3. The van der Waals surface area contributed by atoms with E-state index in [1.165, 1.54) is 21.2 Å². The van der Waals surface area contributed by atoms with Crippen LogP contribution in [0.15, 0.2) is 60.7 Å². The van der Waals surface area contributed by atoms with Crippen molar-refractivity contribution in [3.63, 3.8) is 0 Å². The van der Waals surface area contributed by atoms with E-state index in [0.717, 1.165) is 51.3 Å². The molecule has 0 N–H and O–H groups in total. The Labute approximate surface area is 199 Å². The molecule has 34 heavy (non-hydrogen) atoms. The molecule has 2 saturated heterocycles. The Morgan fingerprint density at radius 3 is 2.47 bits per heavy atom. The van der Waals surface area contributed by atoms with E-state index in [1.807, 2.05) is 12.1 Å². The van der Waals surface area contributed by atoms with E-state index >= 15 is 0 Å². The summed E-state index contributed by atoms with van der Waals surface area (Å²) < 4.78 is 5.68. The topological polar surface area (TPSA) is 53.1 Å². The molecule has 174 valence electrons. The predicted octanol–water partition coefficient (Wildman–Crippen LogP) is 3.94. The van der Waals surface area contributed by atoms with Gasteiger partial charge in [-0.1, -0.05) is 42.5 Å². The summed E-state index contributed by atoms with van der Waals surface area (Å²) in [5.41, 5.74) is 3.29. The van der Waals surface area contributed by atoms with Crippen LogP contribution < -0.4 is 4.90 Å². The van der Waals surface area contributed by atoms with Gasteiger partial charge in [0.2, 0.25) is 0 Å². The van der Waals surface area contributed by atoms with Gasteiger partial charge in [0.15, 0.2) is 0 Å². The van der Waals surface area contributed by atoms with Gasteiger partial charge in [-0.05, 0) is 47.4 Å². The van der Waals surface area contributed by atoms with Gasteiger partial charge in [-0.15, -0.1) is 0 Å². The quantitative estimate of drug-likeness (QED) is 0.546. The molecule has 1 unspecified atom stereocenters. The third-order valence-electron chi connectivity index (χ3n) is 7.32. The maximum Gasteiger partial charge on any atom is 0.263 e. The molecule has 0 saturated carbocycles. The molecular weight excluding hydrogens is 426 g/mol. The van der Waals surface area contributed by atoms with Crippen molar-refractivity contribution < 1.29 is 14.3 Å². The Hall–Kier alpha value is -3.22. The van der Waals surface area contributed by atoms with E-state index in [1.54, 1.807) is 6.07 Å². The minimum absolute atomic E-state index is 0.0377. The maximum atomic E-state index is 13.3. The third-order valence-corrected chi connectivity index (χ3v) is 7.32. The third kappa shape index (κ3) is 3.87. The minimum atomic E-state index is -0.188. The van der Waals surface area contributed by atoms with Gasteiger partial charge >= 0.3 is 0 Å². The molecule has 2 fully saturated rings. The largest absolute Gasteiger partial charge is 0.376 e. The number of hydrogen-bond acceptors (Lipinski definition) is 5. The highest BCUT2D eigenvalue weighted by Crippen LogP contribution is 2.33. The van der Waals surface area contributed by atoms with Gasteiger partial charge < -0.3 is 9.64 Å². The summed E-state index contributed by atoms with van der Waals surface area (Å²) in [4.78, 5) is 32.4. The highest BCUT2D eigenvalue weighted by molar-refractivity contribution is 6.23. The van der Waals surface area contributed by atoms with Crippen LogP contribution in [-0.4, -0.2) is 67.0 Å². The van der Waals surface area contributed by atoms with E-state index in [-0.39, 0.29) is 17.9 Å². The molecule has 3 heterocycles. The standard InChI is InChI=1S/C28H29N3O3/c32-27-24-8-3-9-25(26(24)28(33)31(27)19-23-7-4-16-34-23)30-14-12-29(13-15-30)18-20-10-11-21-5-1-2-6-22(21)17-20/h1-3,5-6,8-11,17,23H,4,7,12-16,18-19H2. The number of ether oxygens (including phenoxy) is 1. The molecule has 3 aromatic rings. The summed E-state index contributed by atoms with van der Waals surface area (Å²) in [7, 11) is 0. The number of imide groups is 1. The Balaban J connectivity index is 1.15. The number of fused-ring (bicyclic) bond motifs is 2. The van der Waals surface area contributed by atoms with Crippen LogP contribution in [0, 0.1) is 0 Å². The number of amides is 2. The van der Waals surface area contributed by atoms with E-state index in [4.69, 9.17) is 4.74 Å². The molecule has 6 nitrogen and oxygen atoms in total. The second-order valence-corrected chi connectivity index (χ2v) is 9.50. The first-order valence-corrected chi connectivity index (χ1v) is 12.2. The Morgan fingerprint density at radius 2 is 1.68 bits per heavy atom. The smallest absolute Gasteiger partial charge is 0.263 e. The lowest BCUT2D eigenvalue weighted by Crippen LogP contribution is -2.46. The second-order valence-electron chi connectivity index (χ2n) is 9.50. The molecule has 6 heteroatoms. The van der Waals surface area contributed by atoms with Gasteiger partial charge in [0, 0.05) is 39.3 Å². The zero-order chi connectivity index (χ0) is 23.1. The number of rotatable bonds is 5. The molecular formula is C28H29N3O3. The van der Waals surface area contributed by atoms with E-state index in [9.17, 15) is 9.59 Å². The van der Waals surface area contributed by atoms with E-state index < -0.39 is 0 Å². The zero-order valence-electron chi connectivity index (χ0n) is 19.3. The highest BCUT2D eigenvalue weighted by atomic mass is 16.5. The molecule has 0 spiro atoms. The van der Waals surface area contributed by atoms with Crippen molar-refractivity contribution in [2.24, 2.45) is 0 Å². The fraction of sp³-hybridized carbons (Fsp3) is 0.357. The minimum Gasteiger partial charge on any atom is -0.376 e. The van der Waals surface area contributed by atoms with Crippen molar-refractivity contribution in [3.8, 4) is 0 Å². The number of benzene rings is 3. The van der Waals surface area contributed by atoms with E-state index in [0.29, 0.717) is 24.3 Å². The van der Waals surface area contributed by atoms with Crippen LogP contribution in [0.3, 0.4) is 0 Å². The number of anilines is 1. The van der Waals surface area contributed by atoms with Crippen molar-refractivity contribution in [3.05, 3.63) is 77.4 Å². The second kappa shape index (κ2) is 8.85. The van der Waals surface area contributed by atoms with Crippen LogP contribution in [0.1, 0.15) is 39.1 Å². The van der Waals surface area contributed by atoms with Gasteiger partial charge in [0.25, 0.3) is 11.8 Å². The van der Waals surface area contributed by atoms with Crippen molar-refractivity contribution in [1.82, 2.24) is 9.80 Å². The number of hydrogen-bond donors (Lipinski definition) is 0. The SMILES string of the molecule is O=C1c2cccc(N3CCN(Cc4ccc5ccccc5c4)CC3)c2C(=O)N1CC1CCCO1. The van der Waals surface area contributed by atoms with E-state index in [2.05, 4.69) is 52.3 Å². The Morgan fingerprint density at radius 1 is 0.853 bits per heavy atom. The first kappa shape index (κ1) is 21.3. The lowest BCUT2D eigenvalue weighted by Gasteiger charge is -2.36. The lowest BCUT2D eigenvalue weighted by molar-refractivity contribution is 0.0475. The molecule has 0 aliphatic carbocycles. The molecule has 6 rings (SSSR count). The van der Waals surface area contributed by atoms with Crippen LogP contribution in [0.25, 0.3) is 10.8 Å². The van der Waals surface area contributed by atoms with Crippen LogP contribution in [-0.2, 0) is 11.3 Å². The van der Waals surface area contributed by atoms with Gasteiger partial charge in [0.1, 0.15) is 0 Å². The van der Waals surface area contributed by atoms with Crippen molar-refractivity contribution >= 4 is 28.3 Å². The highest BCUT2D eigenvalue weighted by Gasteiger charge is 2.40. The van der Waals surface area contributed by atoms with Crippen molar-refractivity contribution in [1.29, 1.82) is 0 Å². The van der Waals surface area contributed by atoms with Crippen LogP contribution >= 0.6 is 0 Å². The molecule has 3 aliphatic rings. The van der Waals surface area contributed by atoms with Gasteiger partial charge in [-0.3, -0.25) is 19.4 Å². The normalized spacial score (nSPS) is 21.0. The summed E-state index contributed by atoms with van der Waals surface area (Å²) in [5.74, 6) is -0.364. The number of piperazine rings is 1. The lowest BCUT2D eigenvalue weighted by atomic mass is 10.1. The van der Waals surface area contributed by atoms with Crippen molar-refractivity contribution in [2.75, 3.05) is 44.2 Å². The van der Waals surface area contributed by atoms with Crippen molar-refractivity contribution in [2.45, 2.75) is 25.5 Å². The van der Waals surface area contributed by atoms with Gasteiger partial charge in [0.05, 0.1) is 29.5 Å². The monoisotopic (exact) mass is 455 g/mol. The number of nitrogens with zero attached hydrogens (tertiary/aromatic N) is 3. The Bertz CT molecular complexity index is 1240. The molecule has 3 aliphatic heterocycles. The summed E-state index contributed by atoms with van der Waals surface area (Å²) >= 11 is 0. The summed E-state index contributed by atoms with van der Waals surface area (Å²) in [6.45, 7) is 5.47. The molecule has 3 aromatic carbocycles. The van der Waals surface area contributed by atoms with Gasteiger partial charge in [-0.25, -0.2) is 0 Å². The predicted molar refractivity (Wildman–Crippen MR) is 132 cm³/mol. The first-order valence-electron chi connectivity index (χ1n) is 12.2. The fourth-order valence-electron chi connectivity index (χ4n) is 5.48. The molecule has 0 radical (unpaired) electrons. The van der Waals surface area contributed by atoms with Crippen LogP contribution in [0.2, 0.25) is 0 Å². The first-order chi connectivity index (χ1) is 16.7. The molecule has 0 bridgehead atoms. The molecule has 0 aromatic heterocycles. The Kier molecular flexibility index (Phi) is 5.55. The van der Waals surface area contributed by atoms with Gasteiger partial charge in [-0.2, -0.15) is 0 Å². The number of carbonyl (C=O) groups excluding carboxylic acids is 2. The maximum absolute atomic E-state index is 13.3. The van der Waals surface area contributed by atoms with Crippen LogP contribution in [0.4, 0.5) is 5.69 Å². The summed E-state index contributed by atoms with van der Waals surface area (Å²) in [6.07, 6.45) is 1.85. The number of carbonyl (C=O) groups is 2.